The van der Waals surface area contributed by atoms with Gasteiger partial charge in [-0.1, -0.05) is 56.1 Å². The summed E-state index contributed by atoms with van der Waals surface area (Å²) in [6.45, 7) is 5.61. The monoisotopic (exact) mass is 543 g/mol. The smallest absolute Gasteiger partial charge is 0.265 e. The molecule has 3 aliphatic rings. The molecule has 0 bridgehead atoms. The Morgan fingerprint density at radius 3 is 2.68 bits per heavy atom. The number of ether oxygens (including phenoxy) is 3. The van der Waals surface area contributed by atoms with E-state index < -0.39 is 0 Å². The number of halogens is 1. The third-order valence-corrected chi connectivity index (χ3v) is 7.32. The summed E-state index contributed by atoms with van der Waals surface area (Å²) >= 11 is 1.64. The normalized spacial score (nSPS) is 15.9. The Bertz CT molecular complexity index is 1140. The Morgan fingerprint density at radius 2 is 1.84 bits per heavy atom. The lowest BCUT2D eigenvalue weighted by Crippen LogP contribution is -2.40. The maximum absolute atomic E-state index is 13.0. The fourth-order valence-electron chi connectivity index (χ4n) is 4.59. The molecule has 37 heavy (non-hydrogen) atoms. The third-order valence-electron chi connectivity index (χ3n) is 6.42. The molecule has 0 unspecified atom stereocenters. The fourth-order valence-corrected chi connectivity index (χ4v) is 5.54. The average molecular weight is 544 g/mol. The van der Waals surface area contributed by atoms with E-state index in [0.29, 0.717) is 26.2 Å². The lowest BCUT2D eigenvalue weighted by Gasteiger charge is -2.32. The van der Waals surface area contributed by atoms with Gasteiger partial charge in [0.25, 0.3) is 5.91 Å². The molecule has 0 saturated carbocycles. The molecule has 3 heterocycles. The Hall–Kier alpha value is -2.84. The lowest BCUT2D eigenvalue weighted by atomic mass is 10.1. The second kappa shape index (κ2) is 13.1. The van der Waals surface area contributed by atoms with Gasteiger partial charge < -0.3 is 24.0 Å². The molecule has 198 valence electrons. The van der Waals surface area contributed by atoms with Gasteiger partial charge in [-0.15, -0.1) is 12.4 Å². The van der Waals surface area contributed by atoms with Gasteiger partial charge in [-0.2, -0.15) is 0 Å². The molecule has 5 rings (SSSR count). The lowest BCUT2D eigenvalue weighted by molar-refractivity contribution is -0.121. The van der Waals surface area contributed by atoms with Crippen molar-refractivity contribution in [2.45, 2.75) is 39.0 Å². The maximum Gasteiger partial charge on any atom is 0.265 e. The van der Waals surface area contributed by atoms with E-state index in [1.54, 1.807) is 11.8 Å². The van der Waals surface area contributed by atoms with Crippen LogP contribution in [0.3, 0.4) is 0 Å². The molecule has 0 fully saturated rings. The zero-order valence-corrected chi connectivity index (χ0v) is 22.8. The number of benzene rings is 2. The summed E-state index contributed by atoms with van der Waals surface area (Å²) in [5.74, 6) is 2.28. The summed E-state index contributed by atoms with van der Waals surface area (Å²) < 4.78 is 18.1. The molecule has 3 aliphatic heterocycles. The summed E-state index contributed by atoms with van der Waals surface area (Å²) in [4.78, 5) is 21.6. The molecule has 0 spiro atoms. The predicted octanol–water partition coefficient (Wildman–Crippen LogP) is 5.98. The van der Waals surface area contributed by atoms with Crippen LogP contribution in [0, 0.1) is 0 Å². The molecule has 2 aromatic carbocycles. The highest BCUT2D eigenvalue weighted by molar-refractivity contribution is 8.16. The third kappa shape index (κ3) is 6.36. The molecule has 0 N–H and O–H groups in total. The van der Waals surface area contributed by atoms with E-state index in [2.05, 4.69) is 28.3 Å². The summed E-state index contributed by atoms with van der Waals surface area (Å²) in [5, 5.41) is 3.14. The largest absolute Gasteiger partial charge is 0.494 e. The SMILES string of the molecule is CCCCCCOc1cc(C2=CSC3=NCCN23)c2c(c1)N(CCCOc1ccccc1)C(=O)CO2.Cl. The van der Waals surface area contributed by atoms with Crippen LogP contribution in [0.15, 0.2) is 52.9 Å². The number of aliphatic imine (C=N–C) groups is 1. The van der Waals surface area contributed by atoms with Crippen LogP contribution in [0.2, 0.25) is 0 Å². The number of para-hydroxylation sites is 1. The maximum atomic E-state index is 13.0. The molecule has 0 atom stereocenters. The van der Waals surface area contributed by atoms with Gasteiger partial charge in [-0.05, 0) is 31.0 Å². The molecular formula is C28H34ClN3O4S. The predicted molar refractivity (Wildman–Crippen MR) is 152 cm³/mol. The first-order valence-electron chi connectivity index (χ1n) is 12.9. The van der Waals surface area contributed by atoms with E-state index in [1.165, 1.54) is 12.8 Å². The van der Waals surface area contributed by atoms with E-state index >= 15 is 0 Å². The number of hydrogen-bond acceptors (Lipinski definition) is 7. The first kappa shape index (κ1) is 27.2. The van der Waals surface area contributed by atoms with Crippen molar-refractivity contribution in [2.24, 2.45) is 4.99 Å². The molecule has 0 aromatic heterocycles. The molecule has 0 radical (unpaired) electrons. The average Bonchev–Trinajstić information content (AvgIpc) is 3.52. The van der Waals surface area contributed by atoms with Crippen molar-refractivity contribution < 1.29 is 19.0 Å². The number of thioether (sulfide) groups is 1. The van der Waals surface area contributed by atoms with Crippen LogP contribution in [0.4, 0.5) is 5.69 Å². The van der Waals surface area contributed by atoms with Gasteiger partial charge in [-0.3, -0.25) is 9.79 Å². The number of carbonyl (C=O) groups is 1. The summed E-state index contributed by atoms with van der Waals surface area (Å²) in [5.41, 5.74) is 2.78. The number of amides is 1. The minimum absolute atomic E-state index is 0. The van der Waals surface area contributed by atoms with E-state index in [0.717, 1.165) is 65.3 Å². The number of anilines is 1. The van der Waals surface area contributed by atoms with Gasteiger partial charge in [0, 0.05) is 30.1 Å². The zero-order chi connectivity index (χ0) is 24.7. The Labute approximate surface area is 229 Å². The zero-order valence-electron chi connectivity index (χ0n) is 21.2. The van der Waals surface area contributed by atoms with Crippen LogP contribution >= 0.6 is 24.2 Å². The summed E-state index contributed by atoms with van der Waals surface area (Å²) in [6.07, 6.45) is 5.27. The van der Waals surface area contributed by atoms with Crippen LogP contribution in [0.1, 0.15) is 44.6 Å². The van der Waals surface area contributed by atoms with Crippen LogP contribution in [0.25, 0.3) is 5.70 Å². The van der Waals surface area contributed by atoms with Gasteiger partial charge in [0.1, 0.15) is 11.5 Å². The van der Waals surface area contributed by atoms with E-state index in [1.807, 2.05) is 41.3 Å². The van der Waals surface area contributed by atoms with Crippen molar-refractivity contribution in [3.8, 4) is 17.2 Å². The second-order valence-electron chi connectivity index (χ2n) is 9.01. The number of rotatable bonds is 12. The number of amidine groups is 1. The minimum Gasteiger partial charge on any atom is -0.494 e. The number of nitrogens with zero attached hydrogens (tertiary/aromatic N) is 3. The van der Waals surface area contributed by atoms with Crippen LogP contribution in [-0.4, -0.2) is 55.4 Å². The van der Waals surface area contributed by atoms with Gasteiger partial charge in [0.15, 0.2) is 17.5 Å². The van der Waals surface area contributed by atoms with Crippen LogP contribution < -0.4 is 19.1 Å². The van der Waals surface area contributed by atoms with E-state index in [4.69, 9.17) is 14.2 Å². The summed E-state index contributed by atoms with van der Waals surface area (Å²) in [6, 6.07) is 13.8. The highest BCUT2D eigenvalue weighted by atomic mass is 35.5. The molecule has 0 aliphatic carbocycles. The van der Waals surface area contributed by atoms with Crippen LogP contribution in [-0.2, 0) is 4.79 Å². The highest BCUT2D eigenvalue weighted by Crippen LogP contribution is 2.46. The first-order valence-corrected chi connectivity index (χ1v) is 13.7. The van der Waals surface area contributed by atoms with Crippen molar-refractivity contribution in [1.29, 1.82) is 0 Å². The Morgan fingerprint density at radius 1 is 1.03 bits per heavy atom. The quantitative estimate of drug-likeness (QED) is 0.307. The molecule has 1 amide bonds. The Balaban J connectivity index is 0.00000320. The van der Waals surface area contributed by atoms with Crippen molar-refractivity contribution in [3.63, 3.8) is 0 Å². The van der Waals surface area contributed by atoms with Crippen molar-refractivity contribution >= 4 is 46.6 Å². The fraction of sp³-hybridized carbons (Fsp3) is 0.429. The summed E-state index contributed by atoms with van der Waals surface area (Å²) in [7, 11) is 0. The number of hydrogen-bond donors (Lipinski definition) is 0. The van der Waals surface area contributed by atoms with Crippen molar-refractivity contribution in [3.05, 3.63) is 53.4 Å². The molecule has 7 nitrogen and oxygen atoms in total. The minimum atomic E-state index is -0.0496. The highest BCUT2D eigenvalue weighted by Gasteiger charge is 2.34. The first-order chi connectivity index (χ1) is 17.7. The van der Waals surface area contributed by atoms with Gasteiger partial charge >= 0.3 is 0 Å². The van der Waals surface area contributed by atoms with E-state index in [-0.39, 0.29) is 24.9 Å². The number of fused-ring (bicyclic) bond motifs is 2. The number of unbranched alkanes of at least 4 members (excludes halogenated alkanes) is 3. The van der Waals surface area contributed by atoms with Crippen LogP contribution in [0.5, 0.6) is 17.2 Å². The number of carbonyl (C=O) groups excluding carboxylic acids is 1. The van der Waals surface area contributed by atoms with Gasteiger partial charge in [-0.25, -0.2) is 0 Å². The van der Waals surface area contributed by atoms with Crippen molar-refractivity contribution in [1.82, 2.24) is 4.90 Å². The Kier molecular flexibility index (Phi) is 9.63. The molecule has 2 aromatic rings. The van der Waals surface area contributed by atoms with E-state index in [9.17, 15) is 4.79 Å². The topological polar surface area (TPSA) is 63.6 Å². The van der Waals surface area contributed by atoms with Gasteiger partial charge in [0.2, 0.25) is 0 Å². The second-order valence-corrected chi connectivity index (χ2v) is 9.85. The molecular weight excluding hydrogens is 510 g/mol. The van der Waals surface area contributed by atoms with Crippen molar-refractivity contribution in [2.75, 3.05) is 44.4 Å². The standard InChI is InChI=1S/C28H33N3O4S.ClH/c1-2-3-4-8-15-34-22-17-23(25-20-36-28-29-12-14-31(25)28)27-24(18-22)30(26(32)19-35-27)13-9-16-33-21-10-6-5-7-11-21;/h5-7,10-11,17-18,20H,2-4,8-9,12-16,19H2,1H3;1H. The molecule has 9 heteroatoms. The van der Waals surface area contributed by atoms with Gasteiger partial charge in [0.05, 0.1) is 31.1 Å². The molecule has 0 saturated heterocycles.